The zero-order chi connectivity index (χ0) is 14.8. The van der Waals surface area contributed by atoms with Crippen molar-refractivity contribution in [2.24, 2.45) is 0 Å². The fourth-order valence-electron chi connectivity index (χ4n) is 1.84. The molecule has 4 nitrogen and oxygen atoms in total. The van der Waals surface area contributed by atoms with Crippen LogP contribution in [0.5, 0.6) is 5.75 Å². The van der Waals surface area contributed by atoms with Crippen LogP contribution >= 0.6 is 11.8 Å². The molecule has 0 fully saturated rings. The van der Waals surface area contributed by atoms with Crippen LogP contribution in [0.1, 0.15) is 25.5 Å². The monoisotopic (exact) mass is 297 g/mol. The Morgan fingerprint density at radius 3 is 2.85 bits per heavy atom. The summed E-state index contributed by atoms with van der Waals surface area (Å²) in [5.41, 5.74) is 1.17. The van der Waals surface area contributed by atoms with Crippen molar-refractivity contribution < 1.29 is 14.3 Å². The Labute approximate surface area is 125 Å². The van der Waals surface area contributed by atoms with Crippen molar-refractivity contribution in [3.8, 4) is 5.75 Å². The molecule has 0 aromatic heterocycles. The van der Waals surface area contributed by atoms with Gasteiger partial charge in [-0.3, -0.25) is 4.79 Å². The van der Waals surface area contributed by atoms with Crippen LogP contribution in [0.2, 0.25) is 0 Å². The van der Waals surface area contributed by atoms with Gasteiger partial charge in [0, 0.05) is 11.8 Å². The fourth-order valence-corrected chi connectivity index (χ4v) is 2.75. The second kappa shape index (κ2) is 9.66. The van der Waals surface area contributed by atoms with Crippen LogP contribution < -0.4 is 10.1 Å². The standard InChI is InChI=1S/C15H23NO3S/c1-4-16-14(10-20-11-15(17)19-5-2)12-7-6-8-13(9-12)18-3/h6-9,14,16H,4-5,10-11H2,1-3H3. The summed E-state index contributed by atoms with van der Waals surface area (Å²) < 4.78 is 10.2. The van der Waals surface area contributed by atoms with Crippen LogP contribution in [0, 0.1) is 0 Å². The summed E-state index contributed by atoms with van der Waals surface area (Å²) in [6.07, 6.45) is 0. The van der Waals surface area contributed by atoms with E-state index in [1.165, 1.54) is 5.56 Å². The number of esters is 1. The molecule has 0 saturated heterocycles. The summed E-state index contributed by atoms with van der Waals surface area (Å²) >= 11 is 1.58. The van der Waals surface area contributed by atoms with E-state index in [4.69, 9.17) is 9.47 Å². The van der Waals surface area contributed by atoms with E-state index in [-0.39, 0.29) is 12.0 Å². The predicted molar refractivity (Wildman–Crippen MR) is 83.4 cm³/mol. The molecule has 0 heterocycles. The average Bonchev–Trinajstić information content (AvgIpc) is 2.46. The van der Waals surface area contributed by atoms with E-state index in [1.807, 2.05) is 25.1 Å². The minimum Gasteiger partial charge on any atom is -0.497 e. The van der Waals surface area contributed by atoms with Crippen molar-refractivity contribution in [2.75, 3.05) is 31.8 Å². The molecule has 0 aliphatic heterocycles. The van der Waals surface area contributed by atoms with Gasteiger partial charge in [-0.05, 0) is 31.2 Å². The molecule has 112 valence electrons. The first-order valence-corrected chi connectivity index (χ1v) is 7.97. The second-order valence-corrected chi connectivity index (χ2v) is 5.24. The highest BCUT2D eigenvalue weighted by Crippen LogP contribution is 2.22. The van der Waals surface area contributed by atoms with Gasteiger partial charge < -0.3 is 14.8 Å². The van der Waals surface area contributed by atoms with Gasteiger partial charge in [-0.2, -0.15) is 0 Å². The first kappa shape index (κ1) is 16.9. The maximum Gasteiger partial charge on any atom is 0.315 e. The van der Waals surface area contributed by atoms with Gasteiger partial charge in [-0.15, -0.1) is 11.8 Å². The molecular weight excluding hydrogens is 274 g/mol. The largest absolute Gasteiger partial charge is 0.497 e. The van der Waals surface area contributed by atoms with Crippen molar-refractivity contribution >= 4 is 17.7 Å². The molecule has 0 bridgehead atoms. The zero-order valence-corrected chi connectivity index (χ0v) is 13.2. The van der Waals surface area contributed by atoms with E-state index in [2.05, 4.69) is 18.3 Å². The van der Waals surface area contributed by atoms with Crippen LogP contribution in [0.25, 0.3) is 0 Å². The number of thioether (sulfide) groups is 1. The number of carbonyl (C=O) groups excluding carboxylic acids is 1. The number of hydrogen-bond acceptors (Lipinski definition) is 5. The third kappa shape index (κ3) is 5.84. The van der Waals surface area contributed by atoms with E-state index in [0.717, 1.165) is 18.0 Å². The van der Waals surface area contributed by atoms with Gasteiger partial charge in [0.2, 0.25) is 0 Å². The molecule has 1 N–H and O–H groups in total. The van der Waals surface area contributed by atoms with Crippen molar-refractivity contribution in [2.45, 2.75) is 19.9 Å². The van der Waals surface area contributed by atoms with Gasteiger partial charge in [0.15, 0.2) is 0 Å². The lowest BCUT2D eigenvalue weighted by molar-refractivity contribution is -0.139. The number of methoxy groups -OCH3 is 1. The lowest BCUT2D eigenvalue weighted by atomic mass is 10.1. The molecule has 20 heavy (non-hydrogen) atoms. The molecule has 0 amide bonds. The highest BCUT2D eigenvalue weighted by Gasteiger charge is 2.12. The Bertz CT molecular complexity index is 412. The topological polar surface area (TPSA) is 47.6 Å². The van der Waals surface area contributed by atoms with Crippen LogP contribution in [0.4, 0.5) is 0 Å². The number of carbonyl (C=O) groups is 1. The molecule has 0 radical (unpaired) electrons. The van der Waals surface area contributed by atoms with Gasteiger partial charge in [0.05, 0.1) is 19.5 Å². The Morgan fingerprint density at radius 1 is 1.40 bits per heavy atom. The molecule has 0 saturated carbocycles. The molecule has 1 atom stereocenters. The summed E-state index contributed by atoms with van der Waals surface area (Å²) in [4.78, 5) is 11.3. The molecule has 5 heteroatoms. The molecule has 0 aliphatic rings. The average molecular weight is 297 g/mol. The van der Waals surface area contributed by atoms with Gasteiger partial charge in [0.25, 0.3) is 0 Å². The van der Waals surface area contributed by atoms with E-state index in [1.54, 1.807) is 18.9 Å². The molecule has 1 unspecified atom stereocenters. The molecular formula is C15H23NO3S. The molecule has 1 rings (SSSR count). The lowest BCUT2D eigenvalue weighted by Crippen LogP contribution is -2.23. The molecule has 0 aliphatic carbocycles. The second-order valence-electron chi connectivity index (χ2n) is 4.21. The van der Waals surface area contributed by atoms with Gasteiger partial charge in [-0.25, -0.2) is 0 Å². The van der Waals surface area contributed by atoms with Gasteiger partial charge in [-0.1, -0.05) is 19.1 Å². The summed E-state index contributed by atoms with van der Waals surface area (Å²) in [5.74, 6) is 1.90. The van der Waals surface area contributed by atoms with Crippen LogP contribution in [-0.2, 0) is 9.53 Å². The van der Waals surface area contributed by atoms with Crippen LogP contribution in [-0.4, -0.2) is 37.7 Å². The number of nitrogens with one attached hydrogen (secondary N) is 1. The SMILES string of the molecule is CCNC(CSCC(=O)OCC)c1cccc(OC)c1. The van der Waals surface area contributed by atoms with Crippen molar-refractivity contribution in [1.82, 2.24) is 5.32 Å². The maximum absolute atomic E-state index is 11.3. The lowest BCUT2D eigenvalue weighted by Gasteiger charge is -2.18. The number of hydrogen-bond donors (Lipinski definition) is 1. The Balaban J connectivity index is 2.57. The number of ether oxygens (including phenoxy) is 2. The third-order valence-electron chi connectivity index (χ3n) is 2.76. The quantitative estimate of drug-likeness (QED) is 0.710. The number of rotatable bonds is 9. The van der Waals surface area contributed by atoms with Crippen molar-refractivity contribution in [3.63, 3.8) is 0 Å². The third-order valence-corrected chi connectivity index (χ3v) is 3.77. The minimum atomic E-state index is -0.154. The van der Waals surface area contributed by atoms with Crippen molar-refractivity contribution in [3.05, 3.63) is 29.8 Å². The number of benzene rings is 1. The zero-order valence-electron chi connectivity index (χ0n) is 12.3. The summed E-state index contributed by atoms with van der Waals surface area (Å²) in [6.45, 7) is 5.21. The normalized spacial score (nSPS) is 11.9. The van der Waals surface area contributed by atoms with E-state index >= 15 is 0 Å². The summed E-state index contributed by atoms with van der Waals surface area (Å²) in [7, 11) is 1.66. The Hall–Kier alpha value is -1.20. The first-order valence-electron chi connectivity index (χ1n) is 6.81. The van der Waals surface area contributed by atoms with E-state index in [9.17, 15) is 4.79 Å². The predicted octanol–water partition coefficient (Wildman–Crippen LogP) is 2.64. The van der Waals surface area contributed by atoms with Gasteiger partial charge in [0.1, 0.15) is 5.75 Å². The van der Waals surface area contributed by atoms with E-state index < -0.39 is 0 Å². The molecule has 1 aromatic rings. The minimum absolute atomic E-state index is 0.154. The molecule has 0 spiro atoms. The first-order chi connectivity index (χ1) is 9.71. The fraction of sp³-hybridized carbons (Fsp3) is 0.533. The smallest absolute Gasteiger partial charge is 0.315 e. The van der Waals surface area contributed by atoms with Crippen molar-refractivity contribution in [1.29, 1.82) is 0 Å². The maximum atomic E-state index is 11.3. The highest BCUT2D eigenvalue weighted by atomic mass is 32.2. The van der Waals surface area contributed by atoms with Gasteiger partial charge >= 0.3 is 5.97 Å². The Morgan fingerprint density at radius 2 is 2.20 bits per heavy atom. The molecule has 1 aromatic carbocycles. The summed E-state index contributed by atoms with van der Waals surface area (Å²) in [6, 6.07) is 8.21. The highest BCUT2D eigenvalue weighted by molar-refractivity contribution is 7.99. The van der Waals surface area contributed by atoms with Crippen LogP contribution in [0.3, 0.4) is 0 Å². The Kier molecular flexibility index (Phi) is 8.14. The van der Waals surface area contributed by atoms with E-state index in [0.29, 0.717) is 12.4 Å². The summed E-state index contributed by atoms with van der Waals surface area (Å²) in [5, 5.41) is 3.43. The van der Waals surface area contributed by atoms with Crippen LogP contribution in [0.15, 0.2) is 24.3 Å².